The van der Waals surface area contributed by atoms with Gasteiger partial charge in [-0.3, -0.25) is 14.4 Å². The van der Waals surface area contributed by atoms with Gasteiger partial charge in [-0.05, 0) is 35.7 Å². The number of benzene rings is 2. The molecule has 1 fully saturated rings. The zero-order valence-corrected chi connectivity index (χ0v) is 16.4. The van der Waals surface area contributed by atoms with Gasteiger partial charge < -0.3 is 15.5 Å². The van der Waals surface area contributed by atoms with Gasteiger partial charge in [0.15, 0.2) is 0 Å². The van der Waals surface area contributed by atoms with Crippen LogP contribution in [-0.4, -0.2) is 31.3 Å². The van der Waals surface area contributed by atoms with Gasteiger partial charge in [0.25, 0.3) is 5.91 Å². The standard InChI is InChI=1S/C22H25N3O3/c1-14(2)15-7-6-8-17(11-15)25-13-16(12-20(25)26)21(27)24-19-10-5-4-9-18(19)22(28)23-3/h4-11,14,16H,12-13H2,1-3H3,(H,23,28)(H,24,27)/t16-/m1/s1. The van der Waals surface area contributed by atoms with Crippen LogP contribution in [0.5, 0.6) is 0 Å². The molecule has 0 aromatic heterocycles. The summed E-state index contributed by atoms with van der Waals surface area (Å²) in [6.45, 7) is 4.53. The van der Waals surface area contributed by atoms with Crippen molar-refractivity contribution in [1.29, 1.82) is 0 Å². The summed E-state index contributed by atoms with van der Waals surface area (Å²) in [5, 5.41) is 5.37. The Balaban J connectivity index is 1.75. The number of nitrogens with one attached hydrogen (secondary N) is 2. The van der Waals surface area contributed by atoms with Gasteiger partial charge in [0.1, 0.15) is 0 Å². The van der Waals surface area contributed by atoms with Crippen molar-refractivity contribution < 1.29 is 14.4 Å². The van der Waals surface area contributed by atoms with Crippen molar-refractivity contribution in [2.75, 3.05) is 23.8 Å². The van der Waals surface area contributed by atoms with Crippen LogP contribution in [0, 0.1) is 5.92 Å². The molecular weight excluding hydrogens is 354 g/mol. The quantitative estimate of drug-likeness (QED) is 0.838. The summed E-state index contributed by atoms with van der Waals surface area (Å²) in [7, 11) is 1.54. The number of para-hydroxylation sites is 1. The molecule has 6 heteroatoms. The maximum absolute atomic E-state index is 12.8. The van der Waals surface area contributed by atoms with Crippen molar-refractivity contribution in [3.8, 4) is 0 Å². The lowest BCUT2D eigenvalue weighted by Crippen LogP contribution is -2.29. The Morgan fingerprint density at radius 1 is 1.11 bits per heavy atom. The predicted molar refractivity (Wildman–Crippen MR) is 109 cm³/mol. The Kier molecular flexibility index (Phi) is 5.78. The second kappa shape index (κ2) is 8.25. The minimum absolute atomic E-state index is 0.0688. The molecule has 1 aliphatic rings. The first-order chi connectivity index (χ1) is 13.4. The largest absolute Gasteiger partial charge is 0.355 e. The Labute approximate surface area is 164 Å². The SMILES string of the molecule is CNC(=O)c1ccccc1NC(=O)[C@@H]1CC(=O)N(c2cccc(C(C)C)c2)C1. The van der Waals surface area contributed by atoms with Crippen LogP contribution in [0.15, 0.2) is 48.5 Å². The Morgan fingerprint density at radius 2 is 1.86 bits per heavy atom. The summed E-state index contributed by atoms with van der Waals surface area (Å²) in [6.07, 6.45) is 0.153. The smallest absolute Gasteiger partial charge is 0.253 e. The molecule has 0 saturated carbocycles. The molecule has 146 valence electrons. The zero-order chi connectivity index (χ0) is 20.3. The molecule has 0 bridgehead atoms. The number of anilines is 2. The van der Waals surface area contributed by atoms with E-state index in [-0.39, 0.29) is 24.1 Å². The molecule has 1 atom stereocenters. The third-order valence-electron chi connectivity index (χ3n) is 5.00. The maximum Gasteiger partial charge on any atom is 0.253 e. The highest BCUT2D eigenvalue weighted by Crippen LogP contribution is 2.28. The number of carbonyl (C=O) groups excluding carboxylic acids is 3. The summed E-state index contributed by atoms with van der Waals surface area (Å²) >= 11 is 0. The molecular formula is C22H25N3O3. The normalized spacial score (nSPS) is 16.4. The zero-order valence-electron chi connectivity index (χ0n) is 16.4. The minimum atomic E-state index is -0.465. The van der Waals surface area contributed by atoms with Gasteiger partial charge in [-0.25, -0.2) is 0 Å². The van der Waals surface area contributed by atoms with Crippen LogP contribution in [0.25, 0.3) is 0 Å². The van der Waals surface area contributed by atoms with Crippen molar-refractivity contribution in [1.82, 2.24) is 5.32 Å². The van der Waals surface area contributed by atoms with Gasteiger partial charge >= 0.3 is 0 Å². The molecule has 1 heterocycles. The van der Waals surface area contributed by atoms with Crippen LogP contribution in [0.4, 0.5) is 11.4 Å². The second-order valence-corrected chi connectivity index (χ2v) is 7.27. The number of amides is 3. The number of hydrogen-bond donors (Lipinski definition) is 2. The number of carbonyl (C=O) groups is 3. The highest BCUT2D eigenvalue weighted by atomic mass is 16.2. The van der Waals surface area contributed by atoms with E-state index in [1.54, 1.807) is 36.2 Å². The molecule has 2 aromatic carbocycles. The highest BCUT2D eigenvalue weighted by molar-refractivity contribution is 6.07. The molecule has 0 aliphatic carbocycles. The molecule has 28 heavy (non-hydrogen) atoms. The van der Waals surface area contributed by atoms with E-state index < -0.39 is 5.92 Å². The van der Waals surface area contributed by atoms with E-state index in [0.29, 0.717) is 23.7 Å². The fourth-order valence-electron chi connectivity index (χ4n) is 3.34. The predicted octanol–water partition coefficient (Wildman–Crippen LogP) is 3.16. The van der Waals surface area contributed by atoms with Crippen molar-refractivity contribution in [2.45, 2.75) is 26.2 Å². The number of nitrogens with zero attached hydrogens (tertiary/aromatic N) is 1. The van der Waals surface area contributed by atoms with Crippen LogP contribution in [0.3, 0.4) is 0 Å². The molecule has 2 aromatic rings. The lowest BCUT2D eigenvalue weighted by molar-refractivity contribution is -0.122. The average molecular weight is 379 g/mol. The van der Waals surface area contributed by atoms with Gasteiger partial charge in [-0.1, -0.05) is 38.1 Å². The molecule has 6 nitrogen and oxygen atoms in total. The average Bonchev–Trinajstić information content (AvgIpc) is 3.09. The monoisotopic (exact) mass is 379 g/mol. The van der Waals surface area contributed by atoms with Gasteiger partial charge in [0.2, 0.25) is 11.8 Å². The van der Waals surface area contributed by atoms with Crippen molar-refractivity contribution in [2.24, 2.45) is 5.92 Å². The van der Waals surface area contributed by atoms with E-state index in [0.717, 1.165) is 11.3 Å². The summed E-state index contributed by atoms with van der Waals surface area (Å²) < 4.78 is 0. The Bertz CT molecular complexity index is 907. The van der Waals surface area contributed by atoms with Crippen molar-refractivity contribution in [3.05, 3.63) is 59.7 Å². The van der Waals surface area contributed by atoms with E-state index in [9.17, 15) is 14.4 Å². The Hall–Kier alpha value is -3.15. The van der Waals surface area contributed by atoms with Gasteiger partial charge in [0, 0.05) is 25.7 Å². The van der Waals surface area contributed by atoms with Gasteiger partial charge in [-0.15, -0.1) is 0 Å². The molecule has 0 spiro atoms. The maximum atomic E-state index is 12.8. The van der Waals surface area contributed by atoms with Crippen LogP contribution < -0.4 is 15.5 Å². The molecule has 1 aliphatic heterocycles. The fraction of sp³-hybridized carbons (Fsp3) is 0.318. The molecule has 3 amide bonds. The third-order valence-corrected chi connectivity index (χ3v) is 5.00. The van der Waals surface area contributed by atoms with E-state index in [1.807, 2.05) is 24.3 Å². The van der Waals surface area contributed by atoms with Crippen LogP contribution >= 0.6 is 0 Å². The van der Waals surface area contributed by atoms with Gasteiger partial charge in [-0.2, -0.15) is 0 Å². The topological polar surface area (TPSA) is 78.5 Å². The first kappa shape index (κ1) is 19.6. The first-order valence-corrected chi connectivity index (χ1v) is 9.43. The lowest BCUT2D eigenvalue weighted by atomic mass is 10.0. The van der Waals surface area contributed by atoms with Crippen LogP contribution in [0.1, 0.15) is 42.1 Å². The van der Waals surface area contributed by atoms with Crippen LogP contribution in [0.2, 0.25) is 0 Å². The minimum Gasteiger partial charge on any atom is -0.355 e. The van der Waals surface area contributed by atoms with E-state index in [4.69, 9.17) is 0 Å². The molecule has 1 saturated heterocycles. The molecule has 2 N–H and O–H groups in total. The molecule has 3 rings (SSSR count). The van der Waals surface area contributed by atoms with Crippen molar-refractivity contribution in [3.63, 3.8) is 0 Å². The van der Waals surface area contributed by atoms with E-state index in [1.165, 1.54) is 0 Å². The molecule has 0 radical (unpaired) electrons. The summed E-state index contributed by atoms with van der Waals surface area (Å²) in [6, 6.07) is 14.7. The summed E-state index contributed by atoms with van der Waals surface area (Å²) in [4.78, 5) is 38.9. The third kappa shape index (κ3) is 4.06. The van der Waals surface area contributed by atoms with Gasteiger partial charge in [0.05, 0.1) is 17.2 Å². The Morgan fingerprint density at radius 3 is 2.57 bits per heavy atom. The van der Waals surface area contributed by atoms with E-state index in [2.05, 4.69) is 24.5 Å². The lowest BCUT2D eigenvalue weighted by Gasteiger charge is -2.19. The number of hydrogen-bond acceptors (Lipinski definition) is 3. The molecule has 0 unspecified atom stereocenters. The summed E-state index contributed by atoms with van der Waals surface area (Å²) in [5.41, 5.74) is 2.80. The van der Waals surface area contributed by atoms with Crippen molar-refractivity contribution >= 4 is 29.1 Å². The fourth-order valence-corrected chi connectivity index (χ4v) is 3.34. The van der Waals surface area contributed by atoms with Crippen LogP contribution in [-0.2, 0) is 9.59 Å². The highest BCUT2D eigenvalue weighted by Gasteiger charge is 2.35. The number of rotatable bonds is 5. The van der Waals surface area contributed by atoms with E-state index >= 15 is 0 Å². The second-order valence-electron chi connectivity index (χ2n) is 7.27. The summed E-state index contributed by atoms with van der Waals surface area (Å²) in [5.74, 6) is -0.704. The first-order valence-electron chi connectivity index (χ1n) is 9.43.